The Bertz CT molecular complexity index is 377. The highest BCUT2D eigenvalue weighted by molar-refractivity contribution is 5.81. The summed E-state index contributed by atoms with van der Waals surface area (Å²) in [5.74, 6) is 0.430. The van der Waals surface area contributed by atoms with Gasteiger partial charge in [0.15, 0.2) is 0 Å². The van der Waals surface area contributed by atoms with E-state index in [2.05, 4.69) is 24.4 Å². The number of benzene rings is 1. The number of carbonyl (C=O) groups excluding carboxylic acids is 1. The number of nitrogens with zero attached hydrogens (tertiary/aromatic N) is 1. The molecule has 1 aromatic carbocycles. The fourth-order valence-electron chi connectivity index (χ4n) is 2.39. The lowest BCUT2D eigenvalue weighted by atomic mass is 10.0. The number of carbonyl (C=O) groups is 1. The van der Waals surface area contributed by atoms with Crippen LogP contribution in [-0.2, 0) is 11.3 Å². The third kappa shape index (κ3) is 2.67. The Hall–Kier alpha value is -1.35. The van der Waals surface area contributed by atoms with Crippen molar-refractivity contribution in [2.45, 2.75) is 25.9 Å². The normalized spacial score (nSPS) is 21.9. The molecule has 1 aromatic rings. The van der Waals surface area contributed by atoms with Crippen LogP contribution in [0.2, 0.25) is 0 Å². The summed E-state index contributed by atoms with van der Waals surface area (Å²) >= 11 is 0. The van der Waals surface area contributed by atoms with Crippen LogP contribution < -0.4 is 5.32 Å². The van der Waals surface area contributed by atoms with E-state index in [9.17, 15) is 4.79 Å². The predicted molar refractivity (Wildman–Crippen MR) is 68.5 cm³/mol. The summed E-state index contributed by atoms with van der Waals surface area (Å²) in [6.45, 7) is 3.70. The molecule has 92 valence electrons. The Morgan fingerprint density at radius 3 is 2.76 bits per heavy atom. The molecule has 1 aliphatic heterocycles. The summed E-state index contributed by atoms with van der Waals surface area (Å²) in [6.07, 6.45) is 0.966. The van der Waals surface area contributed by atoms with Gasteiger partial charge < -0.3 is 10.2 Å². The summed E-state index contributed by atoms with van der Waals surface area (Å²) in [7, 11) is 1.91. The summed E-state index contributed by atoms with van der Waals surface area (Å²) in [6, 6.07) is 10.4. The molecule has 1 fully saturated rings. The van der Waals surface area contributed by atoms with Crippen molar-refractivity contribution in [2.24, 2.45) is 5.92 Å². The minimum absolute atomic E-state index is 0.142. The summed E-state index contributed by atoms with van der Waals surface area (Å²) in [5, 5.41) is 3.17. The van der Waals surface area contributed by atoms with Crippen LogP contribution in [0.1, 0.15) is 18.9 Å². The van der Waals surface area contributed by atoms with E-state index >= 15 is 0 Å². The molecule has 1 aliphatic rings. The van der Waals surface area contributed by atoms with Crippen LogP contribution in [0.15, 0.2) is 30.3 Å². The van der Waals surface area contributed by atoms with Crippen LogP contribution in [0.4, 0.5) is 0 Å². The Morgan fingerprint density at radius 1 is 1.41 bits per heavy atom. The number of likely N-dealkylation sites (tertiary alicyclic amines) is 1. The third-order valence-electron chi connectivity index (χ3n) is 3.61. The molecule has 0 spiro atoms. The average Bonchev–Trinajstić information content (AvgIpc) is 2.72. The fourth-order valence-corrected chi connectivity index (χ4v) is 2.39. The first-order valence-electron chi connectivity index (χ1n) is 6.22. The second kappa shape index (κ2) is 5.32. The van der Waals surface area contributed by atoms with Gasteiger partial charge in [-0.3, -0.25) is 4.79 Å². The molecule has 1 saturated heterocycles. The lowest BCUT2D eigenvalue weighted by molar-refractivity contribution is -0.132. The second-order valence-corrected chi connectivity index (χ2v) is 4.72. The molecule has 0 aromatic heterocycles. The van der Waals surface area contributed by atoms with Crippen molar-refractivity contribution < 1.29 is 4.79 Å². The first kappa shape index (κ1) is 12.1. The van der Waals surface area contributed by atoms with E-state index in [0.717, 1.165) is 19.5 Å². The maximum atomic E-state index is 12.2. The molecule has 17 heavy (non-hydrogen) atoms. The predicted octanol–water partition coefficient (Wildman–Crippen LogP) is 1.64. The summed E-state index contributed by atoms with van der Waals surface area (Å²) in [4.78, 5) is 14.2. The zero-order chi connectivity index (χ0) is 12.3. The Morgan fingerprint density at radius 2 is 2.12 bits per heavy atom. The number of nitrogens with one attached hydrogen (secondary N) is 1. The van der Waals surface area contributed by atoms with Crippen LogP contribution in [-0.4, -0.2) is 30.4 Å². The summed E-state index contributed by atoms with van der Waals surface area (Å²) < 4.78 is 0. The molecule has 1 unspecified atom stereocenters. The van der Waals surface area contributed by atoms with Gasteiger partial charge in [-0.25, -0.2) is 0 Å². The number of hydrogen-bond acceptors (Lipinski definition) is 2. The largest absolute Gasteiger partial charge is 0.338 e. The van der Waals surface area contributed by atoms with E-state index in [1.165, 1.54) is 5.56 Å². The first-order chi connectivity index (χ1) is 8.22. The number of rotatable bonds is 4. The van der Waals surface area contributed by atoms with E-state index in [1.54, 1.807) is 0 Å². The smallest absolute Gasteiger partial charge is 0.227 e. The van der Waals surface area contributed by atoms with E-state index < -0.39 is 0 Å². The maximum Gasteiger partial charge on any atom is 0.227 e. The zero-order valence-electron chi connectivity index (χ0n) is 10.5. The van der Waals surface area contributed by atoms with Crippen molar-refractivity contribution in [3.8, 4) is 0 Å². The molecule has 1 amide bonds. The van der Waals surface area contributed by atoms with Crippen LogP contribution in [0.3, 0.4) is 0 Å². The van der Waals surface area contributed by atoms with Crippen molar-refractivity contribution >= 4 is 5.91 Å². The molecule has 3 heteroatoms. The van der Waals surface area contributed by atoms with Crippen molar-refractivity contribution in [2.75, 3.05) is 13.6 Å². The van der Waals surface area contributed by atoms with Crippen LogP contribution in [0.25, 0.3) is 0 Å². The second-order valence-electron chi connectivity index (χ2n) is 4.72. The van der Waals surface area contributed by atoms with E-state index in [1.807, 2.05) is 30.1 Å². The van der Waals surface area contributed by atoms with Gasteiger partial charge in [0, 0.05) is 19.1 Å². The van der Waals surface area contributed by atoms with Gasteiger partial charge in [-0.2, -0.15) is 0 Å². The van der Waals surface area contributed by atoms with Gasteiger partial charge in [-0.05, 0) is 26.0 Å². The SMILES string of the molecule is CN[C@@H](C)C1CCN(Cc2ccccc2)C1=O. The number of amides is 1. The van der Waals surface area contributed by atoms with Gasteiger partial charge in [0.05, 0.1) is 5.92 Å². The lowest BCUT2D eigenvalue weighted by Crippen LogP contribution is -2.36. The van der Waals surface area contributed by atoms with E-state index in [4.69, 9.17) is 0 Å². The minimum Gasteiger partial charge on any atom is -0.338 e. The molecule has 0 radical (unpaired) electrons. The van der Waals surface area contributed by atoms with Gasteiger partial charge in [0.2, 0.25) is 5.91 Å². The molecular weight excluding hydrogens is 212 g/mol. The van der Waals surface area contributed by atoms with Gasteiger partial charge in [-0.15, -0.1) is 0 Å². The van der Waals surface area contributed by atoms with Gasteiger partial charge in [-0.1, -0.05) is 30.3 Å². The van der Waals surface area contributed by atoms with Gasteiger partial charge in [0.25, 0.3) is 0 Å². The van der Waals surface area contributed by atoms with Crippen LogP contribution in [0, 0.1) is 5.92 Å². The summed E-state index contributed by atoms with van der Waals surface area (Å²) in [5.41, 5.74) is 1.21. The van der Waals surface area contributed by atoms with Gasteiger partial charge in [0.1, 0.15) is 0 Å². The maximum absolute atomic E-state index is 12.2. The Labute approximate surface area is 103 Å². The molecule has 0 bridgehead atoms. The number of hydrogen-bond donors (Lipinski definition) is 1. The van der Waals surface area contributed by atoms with Gasteiger partial charge >= 0.3 is 0 Å². The van der Waals surface area contributed by atoms with Crippen molar-refractivity contribution in [3.63, 3.8) is 0 Å². The van der Waals surface area contributed by atoms with E-state index in [-0.39, 0.29) is 17.9 Å². The molecular formula is C14H20N2O. The minimum atomic E-state index is 0.142. The van der Waals surface area contributed by atoms with Crippen molar-refractivity contribution in [1.82, 2.24) is 10.2 Å². The topological polar surface area (TPSA) is 32.3 Å². The highest BCUT2D eigenvalue weighted by atomic mass is 16.2. The molecule has 2 atom stereocenters. The fraction of sp³-hybridized carbons (Fsp3) is 0.500. The highest BCUT2D eigenvalue weighted by Gasteiger charge is 2.34. The molecule has 0 saturated carbocycles. The van der Waals surface area contributed by atoms with Crippen LogP contribution >= 0.6 is 0 Å². The van der Waals surface area contributed by atoms with Crippen molar-refractivity contribution in [3.05, 3.63) is 35.9 Å². The molecule has 1 N–H and O–H groups in total. The average molecular weight is 232 g/mol. The molecule has 1 heterocycles. The van der Waals surface area contributed by atoms with E-state index in [0.29, 0.717) is 0 Å². The first-order valence-corrected chi connectivity index (χ1v) is 6.22. The zero-order valence-corrected chi connectivity index (χ0v) is 10.5. The van der Waals surface area contributed by atoms with Crippen molar-refractivity contribution in [1.29, 1.82) is 0 Å². The highest BCUT2D eigenvalue weighted by Crippen LogP contribution is 2.22. The lowest BCUT2D eigenvalue weighted by Gasteiger charge is -2.19. The molecule has 0 aliphatic carbocycles. The Balaban J connectivity index is 1.99. The van der Waals surface area contributed by atoms with Crippen LogP contribution in [0.5, 0.6) is 0 Å². The quantitative estimate of drug-likeness (QED) is 0.856. The Kier molecular flexibility index (Phi) is 3.79. The monoisotopic (exact) mass is 232 g/mol. The third-order valence-corrected chi connectivity index (χ3v) is 3.61. The molecule has 3 nitrogen and oxygen atoms in total. The molecule has 2 rings (SSSR count). The standard InChI is InChI=1S/C14H20N2O/c1-11(15-2)13-8-9-16(14(13)17)10-12-6-4-3-5-7-12/h3-7,11,13,15H,8-10H2,1-2H3/t11-,13?/m0/s1.